The number of hydrogen-bond acceptors (Lipinski definition) is 0. The molecule has 0 N–H and O–H groups in total. The summed E-state index contributed by atoms with van der Waals surface area (Å²) in [5.74, 6) is 0.174. The van der Waals surface area contributed by atoms with Crippen LogP contribution in [-0.2, 0) is 5.51 Å². The Balaban J connectivity index is 2.32. The second-order valence-electron chi connectivity index (χ2n) is 4.61. The van der Waals surface area contributed by atoms with Crippen LogP contribution in [0.25, 0.3) is 10.1 Å². The molecule has 4 heteroatoms. The Labute approximate surface area is 100 Å². The first-order valence-electron chi connectivity index (χ1n) is 5.60. The summed E-state index contributed by atoms with van der Waals surface area (Å²) in [5, 5.41) is 0.762. The highest BCUT2D eigenvalue weighted by molar-refractivity contribution is 7.38. The zero-order valence-electron chi connectivity index (χ0n) is 9.34. The summed E-state index contributed by atoms with van der Waals surface area (Å²) in [5.41, 5.74) is -3.23. The molecule has 0 bridgehead atoms. The molecule has 2 aromatic rings. The van der Waals surface area contributed by atoms with Crippen LogP contribution in [0.4, 0.5) is 13.2 Å². The third-order valence-corrected chi connectivity index (χ3v) is 5.31. The minimum absolute atomic E-state index is 0.174. The van der Waals surface area contributed by atoms with Gasteiger partial charge in [0.2, 0.25) is 0 Å². The van der Waals surface area contributed by atoms with E-state index in [2.05, 4.69) is 0 Å². The summed E-state index contributed by atoms with van der Waals surface area (Å²) in [6, 6.07) is 7.15. The maximum atomic E-state index is 13.2. The molecule has 1 aliphatic rings. The summed E-state index contributed by atoms with van der Waals surface area (Å²) in [6.45, 7) is 1.84. The molecule has 0 spiro atoms. The number of alkyl halides is 3. The lowest BCUT2D eigenvalue weighted by Gasteiger charge is -1.99. The molecular weight excluding hydrogens is 245 g/mol. The number of rotatable bonds is 1. The number of benzene rings is 1. The number of thiophene rings is 1. The molecule has 0 amide bonds. The number of aryl methyl sites for hydroxylation is 1. The van der Waals surface area contributed by atoms with Crippen molar-refractivity contribution in [3.63, 3.8) is 0 Å². The molecule has 3 rings (SSSR count). The van der Waals surface area contributed by atoms with Crippen molar-refractivity contribution >= 4 is 20.6 Å². The lowest BCUT2D eigenvalue weighted by molar-refractivity contribution is -0.0867. The van der Waals surface area contributed by atoms with E-state index in [4.69, 9.17) is 0 Å². The fourth-order valence-electron chi connectivity index (χ4n) is 2.19. The Bertz CT molecular complexity index is 576. The van der Waals surface area contributed by atoms with Crippen molar-refractivity contribution in [3.8, 4) is 0 Å². The summed E-state index contributed by atoms with van der Waals surface area (Å²) in [6.07, 6.45) is 1.83. The van der Waals surface area contributed by atoms with Crippen molar-refractivity contribution in [2.45, 2.75) is 31.2 Å². The van der Waals surface area contributed by atoms with E-state index in [1.807, 2.05) is 19.1 Å². The molecular formula is C13H12F3S+. The number of hydrogen-bond donors (Lipinski definition) is 0. The van der Waals surface area contributed by atoms with E-state index < -0.39 is 16.0 Å². The number of fused-ring (bicyclic) bond motifs is 1. The van der Waals surface area contributed by atoms with Gasteiger partial charge in [0.25, 0.3) is 0 Å². The molecule has 1 saturated carbocycles. The SMILES string of the molecule is Cc1ccc2cc(C3CC3)[s+](C(F)(F)F)c2c1. The topological polar surface area (TPSA) is 0 Å². The summed E-state index contributed by atoms with van der Waals surface area (Å²) in [7, 11) is -1.67. The van der Waals surface area contributed by atoms with E-state index in [1.165, 1.54) is 0 Å². The average molecular weight is 257 g/mol. The van der Waals surface area contributed by atoms with Gasteiger partial charge < -0.3 is 0 Å². The lowest BCUT2D eigenvalue weighted by atomic mass is 10.2. The first kappa shape index (κ1) is 11.1. The van der Waals surface area contributed by atoms with Crippen LogP contribution in [-0.4, -0.2) is 0 Å². The summed E-state index contributed by atoms with van der Waals surface area (Å²) >= 11 is 0. The monoisotopic (exact) mass is 257 g/mol. The van der Waals surface area contributed by atoms with Crippen LogP contribution in [0.3, 0.4) is 0 Å². The second-order valence-corrected chi connectivity index (χ2v) is 6.60. The molecule has 0 nitrogen and oxygen atoms in total. The normalized spacial score (nSPS) is 17.8. The van der Waals surface area contributed by atoms with Crippen molar-refractivity contribution in [1.82, 2.24) is 0 Å². The van der Waals surface area contributed by atoms with E-state index >= 15 is 0 Å². The van der Waals surface area contributed by atoms with Crippen molar-refractivity contribution in [1.29, 1.82) is 0 Å². The molecule has 17 heavy (non-hydrogen) atoms. The van der Waals surface area contributed by atoms with Gasteiger partial charge >= 0.3 is 5.51 Å². The molecule has 0 saturated heterocycles. The van der Waals surface area contributed by atoms with Gasteiger partial charge in [0, 0.05) is 23.4 Å². The van der Waals surface area contributed by atoms with Crippen molar-refractivity contribution in [3.05, 3.63) is 34.7 Å². The van der Waals surface area contributed by atoms with Crippen LogP contribution < -0.4 is 0 Å². The van der Waals surface area contributed by atoms with Crippen molar-refractivity contribution < 1.29 is 13.2 Å². The molecule has 1 aliphatic carbocycles. The molecule has 1 aromatic carbocycles. The minimum Gasteiger partial charge on any atom is -0.118 e. The van der Waals surface area contributed by atoms with Gasteiger partial charge in [-0.25, -0.2) is 0 Å². The first-order valence-corrected chi connectivity index (χ1v) is 6.82. The second kappa shape index (κ2) is 3.48. The van der Waals surface area contributed by atoms with Crippen molar-refractivity contribution in [2.75, 3.05) is 0 Å². The molecule has 1 heterocycles. The Morgan fingerprint density at radius 3 is 2.47 bits per heavy atom. The van der Waals surface area contributed by atoms with Gasteiger partial charge in [0.15, 0.2) is 9.58 Å². The maximum Gasteiger partial charge on any atom is 0.600 e. The first-order chi connectivity index (χ1) is 7.97. The molecule has 1 unspecified atom stereocenters. The Morgan fingerprint density at radius 1 is 1.18 bits per heavy atom. The van der Waals surface area contributed by atoms with Crippen LogP contribution in [0, 0.1) is 6.92 Å². The van der Waals surface area contributed by atoms with Gasteiger partial charge in [-0.15, -0.1) is 13.2 Å². The van der Waals surface area contributed by atoms with Gasteiger partial charge in [-0.2, -0.15) is 0 Å². The van der Waals surface area contributed by atoms with Crippen LogP contribution >= 0.6 is 10.5 Å². The predicted octanol–water partition coefficient (Wildman–Crippen LogP) is 5.25. The molecule has 90 valence electrons. The molecule has 1 atom stereocenters. The highest BCUT2D eigenvalue weighted by atomic mass is 32.2. The van der Waals surface area contributed by atoms with Crippen LogP contribution in [0.15, 0.2) is 24.3 Å². The average Bonchev–Trinajstić information content (AvgIpc) is 2.97. The van der Waals surface area contributed by atoms with Crippen LogP contribution in [0.2, 0.25) is 0 Å². The fraction of sp³-hybridized carbons (Fsp3) is 0.385. The minimum atomic E-state index is -4.13. The molecule has 1 aromatic heterocycles. The molecule has 1 fully saturated rings. The van der Waals surface area contributed by atoms with Crippen LogP contribution in [0.1, 0.15) is 29.2 Å². The van der Waals surface area contributed by atoms with E-state index in [9.17, 15) is 13.2 Å². The lowest BCUT2D eigenvalue weighted by Crippen LogP contribution is -1.97. The van der Waals surface area contributed by atoms with Gasteiger partial charge in [-0.3, -0.25) is 0 Å². The van der Waals surface area contributed by atoms with E-state index in [-0.39, 0.29) is 5.92 Å². The summed E-state index contributed by atoms with van der Waals surface area (Å²) in [4.78, 5) is 0.609. The quantitative estimate of drug-likeness (QED) is 0.612. The Hall–Kier alpha value is -1.03. The van der Waals surface area contributed by atoms with E-state index in [1.54, 1.807) is 12.1 Å². The third kappa shape index (κ3) is 1.84. The highest BCUT2D eigenvalue weighted by Crippen LogP contribution is 2.57. The standard InChI is InChI=1S/C13H12F3S/c1-8-2-3-10-7-12(9-4-5-9)17(11(10)6-8)13(14,15)16/h2-3,6-7,9H,4-5H2,1H3/q+1. The Morgan fingerprint density at radius 2 is 1.88 bits per heavy atom. The van der Waals surface area contributed by atoms with Gasteiger partial charge in [0.05, 0.1) is 10.5 Å². The molecule has 0 aliphatic heterocycles. The zero-order valence-corrected chi connectivity index (χ0v) is 10.2. The van der Waals surface area contributed by atoms with E-state index in [0.29, 0.717) is 9.58 Å². The van der Waals surface area contributed by atoms with Gasteiger partial charge in [-0.1, -0.05) is 6.07 Å². The Kier molecular flexibility index (Phi) is 2.27. The third-order valence-electron chi connectivity index (χ3n) is 3.13. The predicted molar refractivity (Wildman–Crippen MR) is 64.4 cm³/mol. The zero-order chi connectivity index (χ0) is 12.2. The van der Waals surface area contributed by atoms with Gasteiger partial charge in [0.1, 0.15) is 0 Å². The smallest absolute Gasteiger partial charge is 0.118 e. The molecule has 0 radical (unpaired) electrons. The van der Waals surface area contributed by atoms with Gasteiger partial charge in [-0.05, 0) is 31.4 Å². The largest absolute Gasteiger partial charge is 0.600 e. The van der Waals surface area contributed by atoms with Crippen molar-refractivity contribution in [2.24, 2.45) is 0 Å². The number of halogens is 3. The maximum absolute atomic E-state index is 13.2. The summed E-state index contributed by atoms with van der Waals surface area (Å²) < 4.78 is 40.0. The van der Waals surface area contributed by atoms with E-state index in [0.717, 1.165) is 23.8 Å². The highest BCUT2D eigenvalue weighted by Gasteiger charge is 2.51. The fourth-order valence-corrected chi connectivity index (χ4v) is 4.44. The van der Waals surface area contributed by atoms with Crippen LogP contribution in [0.5, 0.6) is 0 Å².